The number of rotatable bonds is 5. The highest BCUT2D eigenvalue weighted by Gasteiger charge is 2.03. The number of alkyl carbamates (subject to hydrolysis) is 1. The number of benzene rings is 1. The lowest BCUT2D eigenvalue weighted by Gasteiger charge is -2.09. The fourth-order valence-electron chi connectivity index (χ4n) is 1.69. The van der Waals surface area contributed by atoms with Gasteiger partial charge in [0.25, 0.3) is 0 Å². The van der Waals surface area contributed by atoms with E-state index in [0.717, 1.165) is 10.9 Å². The van der Waals surface area contributed by atoms with Crippen molar-refractivity contribution in [3.8, 4) is 5.75 Å². The molecule has 5 heteroatoms. The molecule has 0 aliphatic carbocycles. The van der Waals surface area contributed by atoms with E-state index in [1.165, 1.54) is 0 Å². The van der Waals surface area contributed by atoms with Crippen LogP contribution in [0.25, 0.3) is 10.9 Å². The first-order valence-electron chi connectivity index (χ1n) is 6.18. The van der Waals surface area contributed by atoms with E-state index in [2.05, 4.69) is 10.3 Å². The Morgan fingerprint density at radius 2 is 2.16 bits per heavy atom. The van der Waals surface area contributed by atoms with Gasteiger partial charge in [0.1, 0.15) is 17.9 Å². The molecule has 100 valence electrons. The first-order valence-corrected chi connectivity index (χ1v) is 6.18. The van der Waals surface area contributed by atoms with Gasteiger partial charge in [0.2, 0.25) is 0 Å². The third-order valence-electron chi connectivity index (χ3n) is 2.50. The van der Waals surface area contributed by atoms with Crippen LogP contribution in [0.5, 0.6) is 5.75 Å². The fourth-order valence-corrected chi connectivity index (χ4v) is 1.69. The Labute approximate surface area is 111 Å². The quantitative estimate of drug-likeness (QED) is 0.838. The maximum atomic E-state index is 11.1. The van der Waals surface area contributed by atoms with Crippen molar-refractivity contribution in [2.75, 3.05) is 19.8 Å². The second-order valence-electron chi connectivity index (χ2n) is 3.83. The Balaban J connectivity index is 1.90. The number of fused-ring (bicyclic) bond motifs is 1. The van der Waals surface area contributed by atoms with Crippen LogP contribution in [0.15, 0.2) is 36.5 Å². The van der Waals surface area contributed by atoms with Crippen LogP contribution in [0, 0.1) is 0 Å². The number of carbonyl (C=O) groups is 1. The molecule has 1 aromatic carbocycles. The van der Waals surface area contributed by atoms with Gasteiger partial charge >= 0.3 is 6.09 Å². The summed E-state index contributed by atoms with van der Waals surface area (Å²) in [4.78, 5) is 15.4. The van der Waals surface area contributed by atoms with Gasteiger partial charge < -0.3 is 14.8 Å². The Kier molecular flexibility index (Phi) is 4.55. The topological polar surface area (TPSA) is 60.5 Å². The van der Waals surface area contributed by atoms with Gasteiger partial charge in [-0.2, -0.15) is 0 Å². The van der Waals surface area contributed by atoms with Crippen molar-refractivity contribution < 1.29 is 14.3 Å². The number of hydrogen-bond acceptors (Lipinski definition) is 4. The number of amides is 1. The van der Waals surface area contributed by atoms with Gasteiger partial charge in [-0.25, -0.2) is 4.79 Å². The maximum absolute atomic E-state index is 11.1. The normalized spacial score (nSPS) is 10.2. The summed E-state index contributed by atoms with van der Waals surface area (Å²) in [5, 5.41) is 3.62. The molecule has 0 spiro atoms. The summed E-state index contributed by atoms with van der Waals surface area (Å²) in [5.41, 5.74) is 0.820. The summed E-state index contributed by atoms with van der Waals surface area (Å²) >= 11 is 0. The molecular weight excluding hydrogens is 244 g/mol. The number of carbonyl (C=O) groups excluding carboxylic acids is 1. The molecule has 5 nitrogen and oxygen atoms in total. The molecule has 1 heterocycles. The Morgan fingerprint density at radius 3 is 3.00 bits per heavy atom. The van der Waals surface area contributed by atoms with Crippen LogP contribution < -0.4 is 10.1 Å². The highest BCUT2D eigenvalue weighted by Crippen LogP contribution is 2.22. The van der Waals surface area contributed by atoms with Crippen LogP contribution in [-0.4, -0.2) is 30.8 Å². The van der Waals surface area contributed by atoms with E-state index in [4.69, 9.17) is 9.47 Å². The van der Waals surface area contributed by atoms with Gasteiger partial charge in [-0.15, -0.1) is 0 Å². The monoisotopic (exact) mass is 260 g/mol. The minimum atomic E-state index is -0.429. The van der Waals surface area contributed by atoms with Crippen molar-refractivity contribution in [2.45, 2.75) is 6.92 Å². The molecule has 1 N–H and O–H groups in total. The average Bonchev–Trinajstić information content (AvgIpc) is 2.44. The van der Waals surface area contributed by atoms with E-state index in [9.17, 15) is 4.79 Å². The Bertz CT molecular complexity index is 552. The number of para-hydroxylation sites is 1. The number of pyridine rings is 1. The predicted octanol–water partition coefficient (Wildman–Crippen LogP) is 2.36. The zero-order valence-corrected chi connectivity index (χ0v) is 10.8. The Morgan fingerprint density at radius 1 is 1.32 bits per heavy atom. The summed E-state index contributed by atoms with van der Waals surface area (Å²) in [6.45, 7) is 2.88. The molecule has 1 amide bonds. The zero-order chi connectivity index (χ0) is 13.5. The number of aromatic nitrogens is 1. The molecule has 0 unspecified atom stereocenters. The maximum Gasteiger partial charge on any atom is 0.407 e. The molecule has 0 radical (unpaired) electrons. The fraction of sp³-hybridized carbons (Fsp3) is 0.286. The average molecular weight is 260 g/mol. The van der Waals surface area contributed by atoms with E-state index in [1.807, 2.05) is 30.3 Å². The molecule has 2 rings (SSSR count). The number of hydrogen-bond donors (Lipinski definition) is 1. The molecule has 0 saturated heterocycles. The van der Waals surface area contributed by atoms with Crippen LogP contribution in [0.3, 0.4) is 0 Å². The summed E-state index contributed by atoms with van der Waals surface area (Å²) in [7, 11) is 0. The van der Waals surface area contributed by atoms with Crippen molar-refractivity contribution in [2.24, 2.45) is 0 Å². The van der Waals surface area contributed by atoms with Crippen molar-refractivity contribution in [1.29, 1.82) is 0 Å². The smallest absolute Gasteiger partial charge is 0.407 e. The Hall–Kier alpha value is -2.30. The van der Waals surface area contributed by atoms with Crippen molar-refractivity contribution >= 4 is 17.0 Å². The van der Waals surface area contributed by atoms with Crippen LogP contribution in [0.4, 0.5) is 4.79 Å². The van der Waals surface area contributed by atoms with Crippen LogP contribution >= 0.6 is 0 Å². The van der Waals surface area contributed by atoms with Crippen molar-refractivity contribution in [3.05, 3.63) is 36.5 Å². The summed E-state index contributed by atoms with van der Waals surface area (Å²) < 4.78 is 10.4. The number of ether oxygens (including phenoxy) is 2. The van der Waals surface area contributed by atoms with E-state index in [-0.39, 0.29) is 0 Å². The second-order valence-corrected chi connectivity index (χ2v) is 3.83. The second kappa shape index (κ2) is 6.58. The van der Waals surface area contributed by atoms with Gasteiger partial charge in [0.15, 0.2) is 0 Å². The molecule has 0 aliphatic rings. The van der Waals surface area contributed by atoms with Crippen LogP contribution in [0.1, 0.15) is 6.92 Å². The van der Waals surface area contributed by atoms with E-state index < -0.39 is 6.09 Å². The van der Waals surface area contributed by atoms with Gasteiger partial charge in [-0.05, 0) is 19.1 Å². The zero-order valence-electron chi connectivity index (χ0n) is 10.8. The molecule has 0 aliphatic heterocycles. The predicted molar refractivity (Wildman–Crippen MR) is 72.3 cm³/mol. The standard InChI is InChI=1S/C14H16N2O3/c1-2-18-14(17)16-9-10-19-12-7-3-5-11-6-4-8-15-13(11)12/h3-8H,2,9-10H2,1H3,(H,16,17). The molecule has 0 saturated carbocycles. The number of nitrogens with zero attached hydrogens (tertiary/aromatic N) is 1. The summed E-state index contributed by atoms with van der Waals surface area (Å²) in [5.74, 6) is 0.712. The molecule has 19 heavy (non-hydrogen) atoms. The lowest BCUT2D eigenvalue weighted by atomic mass is 10.2. The summed E-state index contributed by atoms with van der Waals surface area (Å²) in [6, 6.07) is 9.62. The van der Waals surface area contributed by atoms with E-state index in [0.29, 0.717) is 25.5 Å². The molecule has 0 bridgehead atoms. The van der Waals surface area contributed by atoms with Crippen LogP contribution in [0.2, 0.25) is 0 Å². The van der Waals surface area contributed by atoms with E-state index in [1.54, 1.807) is 13.1 Å². The van der Waals surface area contributed by atoms with Crippen molar-refractivity contribution in [3.63, 3.8) is 0 Å². The first kappa shape index (κ1) is 13.1. The minimum Gasteiger partial charge on any atom is -0.489 e. The third-order valence-corrected chi connectivity index (χ3v) is 2.50. The highest BCUT2D eigenvalue weighted by molar-refractivity contribution is 5.84. The molecule has 1 aromatic heterocycles. The van der Waals surface area contributed by atoms with Gasteiger partial charge in [0.05, 0.1) is 13.2 Å². The minimum absolute atomic E-state index is 0.361. The van der Waals surface area contributed by atoms with Gasteiger partial charge in [-0.3, -0.25) is 4.98 Å². The van der Waals surface area contributed by atoms with Gasteiger partial charge in [0, 0.05) is 11.6 Å². The molecule has 0 atom stereocenters. The third kappa shape index (κ3) is 3.58. The lowest BCUT2D eigenvalue weighted by molar-refractivity contribution is 0.150. The molecule has 2 aromatic rings. The summed E-state index contributed by atoms with van der Waals surface area (Å²) in [6.07, 6.45) is 1.30. The highest BCUT2D eigenvalue weighted by atomic mass is 16.5. The van der Waals surface area contributed by atoms with Gasteiger partial charge in [-0.1, -0.05) is 18.2 Å². The van der Waals surface area contributed by atoms with Crippen LogP contribution in [-0.2, 0) is 4.74 Å². The molecular formula is C14H16N2O3. The van der Waals surface area contributed by atoms with E-state index >= 15 is 0 Å². The SMILES string of the molecule is CCOC(=O)NCCOc1cccc2cccnc12. The lowest BCUT2D eigenvalue weighted by Crippen LogP contribution is -2.28. The van der Waals surface area contributed by atoms with Crippen molar-refractivity contribution in [1.82, 2.24) is 10.3 Å². The molecule has 0 fully saturated rings. The number of nitrogens with one attached hydrogen (secondary N) is 1. The largest absolute Gasteiger partial charge is 0.489 e. The first-order chi connectivity index (χ1) is 9.31.